The van der Waals surface area contributed by atoms with Gasteiger partial charge < -0.3 is 10.1 Å². The van der Waals surface area contributed by atoms with E-state index in [0.717, 1.165) is 16.6 Å². The Kier molecular flexibility index (Phi) is 3.49. The number of hydrogen-bond acceptors (Lipinski definition) is 4. The van der Waals surface area contributed by atoms with E-state index in [4.69, 9.17) is 16.3 Å². The average Bonchev–Trinajstić information content (AvgIpc) is 2.95. The molecular formula is C14H17ClN4O2. The number of rotatable bonds is 3. The van der Waals surface area contributed by atoms with E-state index < -0.39 is 0 Å². The number of ether oxygens (including phenoxy) is 1. The SMILES string of the molecule is Cc1c2c(O[C@H](C)C3CNC(=O)C3)nc(Cl)cc2nn1C. The fraction of sp³-hybridized carbons (Fsp3) is 0.500. The molecule has 0 aromatic carbocycles. The van der Waals surface area contributed by atoms with E-state index in [1.54, 1.807) is 10.7 Å². The summed E-state index contributed by atoms with van der Waals surface area (Å²) < 4.78 is 7.77. The van der Waals surface area contributed by atoms with Crippen molar-refractivity contribution in [2.45, 2.75) is 26.4 Å². The number of carbonyl (C=O) groups excluding carboxylic acids is 1. The number of nitrogens with one attached hydrogen (secondary N) is 1. The molecule has 2 atom stereocenters. The summed E-state index contributed by atoms with van der Waals surface area (Å²) in [6.45, 7) is 4.55. The number of hydrogen-bond donors (Lipinski definition) is 1. The van der Waals surface area contributed by atoms with Crippen molar-refractivity contribution in [1.82, 2.24) is 20.1 Å². The lowest BCUT2D eigenvalue weighted by molar-refractivity contribution is -0.119. The highest BCUT2D eigenvalue weighted by Crippen LogP contribution is 2.30. The summed E-state index contributed by atoms with van der Waals surface area (Å²) in [5.74, 6) is 0.692. The third-order valence-electron chi connectivity index (χ3n) is 4.01. The summed E-state index contributed by atoms with van der Waals surface area (Å²) in [7, 11) is 1.87. The predicted molar refractivity (Wildman–Crippen MR) is 79.5 cm³/mol. The molecule has 6 nitrogen and oxygen atoms in total. The Hall–Kier alpha value is -1.82. The van der Waals surface area contributed by atoms with E-state index >= 15 is 0 Å². The molecule has 7 heteroatoms. The van der Waals surface area contributed by atoms with Crippen LogP contribution in [0.15, 0.2) is 6.07 Å². The van der Waals surface area contributed by atoms with Crippen molar-refractivity contribution in [2.75, 3.05) is 6.54 Å². The Morgan fingerprint density at radius 2 is 2.33 bits per heavy atom. The number of halogens is 1. The van der Waals surface area contributed by atoms with E-state index in [2.05, 4.69) is 15.4 Å². The molecule has 2 aromatic heterocycles. The van der Waals surface area contributed by atoms with Crippen molar-refractivity contribution in [1.29, 1.82) is 0 Å². The van der Waals surface area contributed by atoms with Crippen LogP contribution in [-0.4, -0.2) is 33.3 Å². The van der Waals surface area contributed by atoms with Gasteiger partial charge in [-0.15, -0.1) is 0 Å². The monoisotopic (exact) mass is 308 g/mol. The minimum atomic E-state index is -0.127. The Balaban J connectivity index is 1.94. The average molecular weight is 309 g/mol. The van der Waals surface area contributed by atoms with Crippen LogP contribution in [0.4, 0.5) is 0 Å². The number of pyridine rings is 1. The first kappa shape index (κ1) is 14.1. The molecule has 3 heterocycles. The first-order chi connectivity index (χ1) is 9.95. The number of nitrogens with zero attached hydrogens (tertiary/aromatic N) is 3. The van der Waals surface area contributed by atoms with Crippen molar-refractivity contribution >= 4 is 28.4 Å². The van der Waals surface area contributed by atoms with E-state index in [0.29, 0.717) is 24.0 Å². The Morgan fingerprint density at radius 1 is 1.57 bits per heavy atom. The second-order valence-electron chi connectivity index (χ2n) is 5.44. The number of carbonyl (C=O) groups is 1. The highest BCUT2D eigenvalue weighted by molar-refractivity contribution is 6.30. The summed E-state index contributed by atoms with van der Waals surface area (Å²) in [5.41, 5.74) is 1.73. The minimum absolute atomic E-state index is 0.0669. The largest absolute Gasteiger partial charge is 0.474 e. The van der Waals surface area contributed by atoms with Gasteiger partial charge in [-0.05, 0) is 13.8 Å². The smallest absolute Gasteiger partial charge is 0.226 e. The Labute approximate surface area is 127 Å². The minimum Gasteiger partial charge on any atom is -0.474 e. The molecule has 1 amide bonds. The molecule has 0 spiro atoms. The van der Waals surface area contributed by atoms with E-state index in [1.807, 2.05) is 20.9 Å². The Morgan fingerprint density at radius 3 is 3.00 bits per heavy atom. The number of fused-ring (bicyclic) bond motifs is 1. The summed E-state index contributed by atoms with van der Waals surface area (Å²) in [4.78, 5) is 15.6. The van der Waals surface area contributed by atoms with Gasteiger partial charge in [0.25, 0.3) is 0 Å². The highest BCUT2D eigenvalue weighted by Gasteiger charge is 2.29. The van der Waals surface area contributed by atoms with Crippen LogP contribution in [0.2, 0.25) is 5.15 Å². The van der Waals surface area contributed by atoms with Crippen LogP contribution in [0.3, 0.4) is 0 Å². The summed E-state index contributed by atoms with van der Waals surface area (Å²) >= 11 is 6.04. The molecule has 3 rings (SSSR count). The third-order valence-corrected chi connectivity index (χ3v) is 4.20. The van der Waals surface area contributed by atoms with Gasteiger partial charge in [0.15, 0.2) is 0 Å². The van der Waals surface area contributed by atoms with Crippen LogP contribution in [0, 0.1) is 12.8 Å². The predicted octanol–water partition coefficient (Wildman–Crippen LogP) is 1.83. The van der Waals surface area contributed by atoms with Crippen LogP contribution < -0.4 is 10.1 Å². The van der Waals surface area contributed by atoms with Gasteiger partial charge in [-0.3, -0.25) is 9.48 Å². The van der Waals surface area contributed by atoms with Crippen LogP contribution >= 0.6 is 11.6 Å². The zero-order valence-corrected chi connectivity index (χ0v) is 12.9. The summed E-state index contributed by atoms with van der Waals surface area (Å²) in [6, 6.07) is 1.72. The van der Waals surface area contributed by atoms with E-state index in [9.17, 15) is 4.79 Å². The van der Waals surface area contributed by atoms with Gasteiger partial charge in [-0.2, -0.15) is 5.10 Å². The van der Waals surface area contributed by atoms with E-state index in [-0.39, 0.29) is 17.9 Å². The maximum atomic E-state index is 11.3. The van der Waals surface area contributed by atoms with Gasteiger partial charge >= 0.3 is 0 Å². The molecule has 1 saturated heterocycles. The van der Waals surface area contributed by atoms with Crippen LogP contribution in [0.5, 0.6) is 5.88 Å². The fourth-order valence-corrected chi connectivity index (χ4v) is 2.79. The topological polar surface area (TPSA) is 69.0 Å². The second-order valence-corrected chi connectivity index (χ2v) is 5.83. The molecule has 1 aliphatic rings. The van der Waals surface area contributed by atoms with Crippen molar-refractivity contribution in [3.8, 4) is 5.88 Å². The molecule has 1 aliphatic heterocycles. The molecule has 0 radical (unpaired) electrons. The van der Waals surface area contributed by atoms with Crippen molar-refractivity contribution < 1.29 is 9.53 Å². The van der Waals surface area contributed by atoms with Gasteiger partial charge in [0.2, 0.25) is 11.8 Å². The Bertz CT molecular complexity index is 713. The van der Waals surface area contributed by atoms with Crippen molar-refractivity contribution in [3.05, 3.63) is 16.9 Å². The van der Waals surface area contributed by atoms with Gasteiger partial charge in [-0.1, -0.05) is 11.6 Å². The molecule has 21 heavy (non-hydrogen) atoms. The lowest BCUT2D eigenvalue weighted by Crippen LogP contribution is -2.26. The maximum Gasteiger partial charge on any atom is 0.226 e. The van der Waals surface area contributed by atoms with Crippen LogP contribution in [0.1, 0.15) is 19.0 Å². The normalized spacial score (nSPS) is 19.8. The molecule has 0 saturated carbocycles. The van der Waals surface area contributed by atoms with Crippen molar-refractivity contribution in [2.24, 2.45) is 13.0 Å². The van der Waals surface area contributed by atoms with Crippen LogP contribution in [-0.2, 0) is 11.8 Å². The number of aromatic nitrogens is 3. The first-order valence-electron chi connectivity index (χ1n) is 6.89. The fourth-order valence-electron chi connectivity index (χ4n) is 2.61. The quantitative estimate of drug-likeness (QED) is 0.878. The highest BCUT2D eigenvalue weighted by atomic mass is 35.5. The zero-order chi connectivity index (χ0) is 15.1. The lowest BCUT2D eigenvalue weighted by atomic mass is 10.0. The zero-order valence-electron chi connectivity index (χ0n) is 12.2. The standard InChI is InChI=1S/C14H17ClN4O2/c1-7-13-10(18-19(7)3)5-11(15)17-14(13)21-8(2)9-4-12(20)16-6-9/h5,8-9H,4,6H2,1-3H3,(H,16,20)/t8-,9?/m1/s1. The molecule has 1 N–H and O–H groups in total. The van der Waals surface area contributed by atoms with Crippen LogP contribution in [0.25, 0.3) is 10.9 Å². The maximum absolute atomic E-state index is 11.3. The first-order valence-corrected chi connectivity index (χ1v) is 7.26. The van der Waals surface area contributed by atoms with Gasteiger partial charge in [0.1, 0.15) is 16.8 Å². The number of amides is 1. The van der Waals surface area contributed by atoms with Gasteiger partial charge in [0.05, 0.1) is 5.39 Å². The lowest BCUT2D eigenvalue weighted by Gasteiger charge is -2.19. The molecule has 112 valence electrons. The molecule has 1 fully saturated rings. The third kappa shape index (κ3) is 2.55. The van der Waals surface area contributed by atoms with Gasteiger partial charge in [0, 0.05) is 37.7 Å². The molecule has 0 aliphatic carbocycles. The summed E-state index contributed by atoms with van der Waals surface area (Å²) in [6.07, 6.45) is 0.356. The molecule has 0 bridgehead atoms. The number of aryl methyl sites for hydroxylation is 2. The molecule has 1 unspecified atom stereocenters. The second kappa shape index (κ2) is 5.18. The molecular weight excluding hydrogens is 292 g/mol. The summed E-state index contributed by atoms with van der Waals surface area (Å²) in [5, 5.41) is 8.43. The van der Waals surface area contributed by atoms with Gasteiger partial charge in [-0.25, -0.2) is 4.98 Å². The van der Waals surface area contributed by atoms with E-state index in [1.165, 1.54) is 0 Å². The molecule has 2 aromatic rings. The van der Waals surface area contributed by atoms with Crippen molar-refractivity contribution in [3.63, 3.8) is 0 Å².